The molecule has 0 radical (unpaired) electrons. The number of anilines is 1. The first kappa shape index (κ1) is 12.8. The second kappa shape index (κ2) is 6.31. The molecule has 0 aromatic heterocycles. The van der Waals surface area contributed by atoms with Crippen LogP contribution in [-0.4, -0.2) is 0 Å². The molecule has 0 aliphatic rings. The summed E-state index contributed by atoms with van der Waals surface area (Å²) in [7, 11) is 0. The van der Waals surface area contributed by atoms with Crippen molar-refractivity contribution < 1.29 is 0 Å². The van der Waals surface area contributed by atoms with Gasteiger partial charge in [-0.15, -0.1) is 5.11 Å². The van der Waals surface area contributed by atoms with Crippen molar-refractivity contribution in [2.45, 2.75) is 0 Å². The summed E-state index contributed by atoms with van der Waals surface area (Å²) in [5.74, 6) is 0. The van der Waals surface area contributed by atoms with E-state index in [2.05, 4.69) is 35.6 Å². The van der Waals surface area contributed by atoms with E-state index in [9.17, 15) is 0 Å². The van der Waals surface area contributed by atoms with E-state index in [1.165, 1.54) is 11.8 Å². The maximum absolute atomic E-state index is 3.96. The third-order valence-electron chi connectivity index (χ3n) is 2.64. The molecule has 3 heteroatoms. The minimum absolute atomic E-state index is 0.903. The van der Waals surface area contributed by atoms with Gasteiger partial charge < -0.3 is 0 Å². The molecule has 94 valence electrons. The van der Waals surface area contributed by atoms with Gasteiger partial charge in [0.05, 0.1) is 5.69 Å². The van der Waals surface area contributed by atoms with Crippen molar-refractivity contribution in [1.29, 1.82) is 0 Å². The van der Waals surface area contributed by atoms with Crippen LogP contribution >= 0.6 is 0 Å². The minimum atomic E-state index is 0.903. The van der Waals surface area contributed by atoms with Crippen molar-refractivity contribution in [3.8, 4) is 11.1 Å². The molecule has 0 unspecified atom stereocenters. The molecule has 2 aromatic carbocycles. The lowest BCUT2D eigenvalue weighted by atomic mass is 10.1. The number of hydrogen-bond donors (Lipinski definition) is 0. The summed E-state index contributed by atoms with van der Waals surface area (Å²) in [5, 5.41) is 9.29. The first-order valence-corrected chi connectivity index (χ1v) is 5.94. The molecule has 0 bridgehead atoms. The van der Waals surface area contributed by atoms with Gasteiger partial charge in [-0.1, -0.05) is 60.8 Å². The van der Waals surface area contributed by atoms with Crippen molar-refractivity contribution in [3.63, 3.8) is 0 Å². The maximum atomic E-state index is 3.96. The first-order chi connectivity index (χ1) is 9.35. The highest BCUT2D eigenvalue weighted by molar-refractivity contribution is 5.66. The summed E-state index contributed by atoms with van der Waals surface area (Å²) < 4.78 is 0. The zero-order chi connectivity index (χ0) is 13.5. The van der Waals surface area contributed by atoms with E-state index in [1.807, 2.05) is 42.5 Å². The van der Waals surface area contributed by atoms with Gasteiger partial charge >= 0.3 is 0 Å². The molecule has 0 saturated carbocycles. The van der Waals surface area contributed by atoms with Crippen LogP contribution in [0.3, 0.4) is 0 Å². The Balaban J connectivity index is 2.25. The molecule has 19 heavy (non-hydrogen) atoms. The summed E-state index contributed by atoms with van der Waals surface area (Å²) >= 11 is 0. The van der Waals surface area contributed by atoms with E-state index in [4.69, 9.17) is 0 Å². The average Bonchev–Trinajstić information content (AvgIpc) is 2.49. The zero-order valence-corrected chi connectivity index (χ0v) is 10.6. The molecule has 0 aliphatic heterocycles. The van der Waals surface area contributed by atoms with Crippen LogP contribution in [0.2, 0.25) is 0 Å². The van der Waals surface area contributed by atoms with Crippen molar-refractivity contribution in [2.24, 2.45) is 10.3 Å². The highest BCUT2D eigenvalue weighted by atomic mass is 15.5. The summed E-state index contributed by atoms with van der Waals surface area (Å²) in [4.78, 5) is 0. The number of nitrogens with zero attached hydrogens (tertiary/aromatic N) is 3. The Morgan fingerprint density at radius 2 is 1.47 bits per heavy atom. The predicted molar refractivity (Wildman–Crippen MR) is 79.6 cm³/mol. The first-order valence-electron chi connectivity index (χ1n) is 5.94. The van der Waals surface area contributed by atoms with Gasteiger partial charge in [-0.3, -0.25) is 0 Å². The van der Waals surface area contributed by atoms with Crippen LogP contribution in [0.25, 0.3) is 11.1 Å². The van der Waals surface area contributed by atoms with E-state index in [1.54, 1.807) is 11.2 Å². The maximum Gasteiger partial charge on any atom is 0.0662 e. The SMILES string of the molecule is C=C/N=N\N(C=C)c1ccc(-c2ccccc2)cc1. The fourth-order valence-corrected chi connectivity index (χ4v) is 1.72. The fourth-order valence-electron chi connectivity index (χ4n) is 1.72. The quantitative estimate of drug-likeness (QED) is 0.551. The van der Waals surface area contributed by atoms with Gasteiger partial charge in [0.15, 0.2) is 0 Å². The van der Waals surface area contributed by atoms with Crippen LogP contribution in [-0.2, 0) is 0 Å². The second-order valence-corrected chi connectivity index (χ2v) is 3.83. The number of rotatable bonds is 5. The topological polar surface area (TPSA) is 28.0 Å². The van der Waals surface area contributed by atoms with E-state index >= 15 is 0 Å². The predicted octanol–water partition coefficient (Wildman–Crippen LogP) is 4.81. The molecule has 0 amide bonds. The molecule has 0 spiro atoms. The smallest absolute Gasteiger partial charge is 0.0662 e. The van der Waals surface area contributed by atoms with Crippen LogP contribution in [0, 0.1) is 0 Å². The Hall–Kier alpha value is -2.68. The molecular weight excluding hydrogens is 234 g/mol. The van der Waals surface area contributed by atoms with Gasteiger partial charge in [0.2, 0.25) is 0 Å². The molecule has 0 atom stereocenters. The van der Waals surface area contributed by atoms with Crippen LogP contribution in [0.4, 0.5) is 5.69 Å². The highest BCUT2D eigenvalue weighted by Gasteiger charge is 2.01. The van der Waals surface area contributed by atoms with E-state index in [0.29, 0.717) is 0 Å². The van der Waals surface area contributed by atoms with Crippen molar-refractivity contribution >= 4 is 5.69 Å². The second-order valence-electron chi connectivity index (χ2n) is 3.83. The molecule has 3 nitrogen and oxygen atoms in total. The lowest BCUT2D eigenvalue weighted by molar-refractivity contribution is 0.966. The monoisotopic (exact) mass is 249 g/mol. The van der Waals surface area contributed by atoms with Crippen LogP contribution < -0.4 is 5.01 Å². The molecule has 0 heterocycles. The number of hydrogen-bond acceptors (Lipinski definition) is 2. The molecule has 2 rings (SSSR count). The molecule has 2 aromatic rings. The Morgan fingerprint density at radius 3 is 2.05 bits per heavy atom. The minimum Gasteiger partial charge on any atom is -0.223 e. The van der Waals surface area contributed by atoms with Crippen LogP contribution in [0.1, 0.15) is 0 Å². The van der Waals surface area contributed by atoms with Crippen molar-refractivity contribution in [1.82, 2.24) is 0 Å². The van der Waals surface area contributed by atoms with Crippen molar-refractivity contribution in [2.75, 3.05) is 5.01 Å². The average molecular weight is 249 g/mol. The third kappa shape index (κ3) is 3.16. The van der Waals surface area contributed by atoms with E-state index < -0.39 is 0 Å². The van der Waals surface area contributed by atoms with Gasteiger partial charge in [0.25, 0.3) is 0 Å². The van der Waals surface area contributed by atoms with E-state index in [-0.39, 0.29) is 0 Å². The van der Waals surface area contributed by atoms with Gasteiger partial charge in [-0.05, 0) is 23.3 Å². The molecule has 0 N–H and O–H groups in total. The lowest BCUT2D eigenvalue weighted by Crippen LogP contribution is -2.04. The summed E-state index contributed by atoms with van der Waals surface area (Å²) in [6.45, 7) is 7.20. The fraction of sp³-hybridized carbons (Fsp3) is 0. The van der Waals surface area contributed by atoms with Gasteiger partial charge in [-0.25, -0.2) is 5.01 Å². The normalized spacial score (nSPS) is 10.3. The summed E-state index contributed by atoms with van der Waals surface area (Å²) in [6.07, 6.45) is 2.99. The third-order valence-corrected chi connectivity index (χ3v) is 2.64. The summed E-state index contributed by atoms with van der Waals surface area (Å²) in [6, 6.07) is 18.3. The van der Waals surface area contributed by atoms with E-state index in [0.717, 1.165) is 11.3 Å². The van der Waals surface area contributed by atoms with Gasteiger partial charge in [-0.2, -0.15) is 0 Å². The standard InChI is InChI=1S/C16H15N3/c1-3-17-18-19(4-2)16-12-10-15(11-13-16)14-8-6-5-7-9-14/h3-13H,1-2H2/b18-17-. The van der Waals surface area contributed by atoms with Gasteiger partial charge in [0.1, 0.15) is 0 Å². The Kier molecular flexibility index (Phi) is 4.24. The van der Waals surface area contributed by atoms with Crippen molar-refractivity contribution in [3.05, 3.63) is 80.2 Å². The Bertz CT molecular complexity index is 571. The van der Waals surface area contributed by atoms with Gasteiger partial charge in [0, 0.05) is 12.4 Å². The van der Waals surface area contributed by atoms with Crippen LogP contribution in [0.5, 0.6) is 0 Å². The Labute approximate surface area is 113 Å². The molecule has 0 saturated heterocycles. The highest BCUT2D eigenvalue weighted by Crippen LogP contribution is 2.23. The summed E-state index contributed by atoms with van der Waals surface area (Å²) in [5.41, 5.74) is 3.25. The molecular formula is C16H15N3. The lowest BCUT2D eigenvalue weighted by Gasteiger charge is -2.12. The number of benzene rings is 2. The largest absolute Gasteiger partial charge is 0.223 e. The zero-order valence-electron chi connectivity index (χ0n) is 10.6. The molecule has 0 fully saturated rings. The Morgan fingerprint density at radius 1 is 0.842 bits per heavy atom. The van der Waals surface area contributed by atoms with Crippen LogP contribution in [0.15, 0.2) is 90.5 Å². The molecule has 0 aliphatic carbocycles.